The van der Waals surface area contributed by atoms with E-state index in [4.69, 9.17) is 10.5 Å². The van der Waals surface area contributed by atoms with Gasteiger partial charge in [0.2, 0.25) is 11.8 Å². The molecule has 3 aromatic rings. The number of anilines is 1. The third-order valence-corrected chi connectivity index (χ3v) is 5.12. The number of hydrogen-bond acceptors (Lipinski definition) is 3. The maximum atomic E-state index is 12.6. The zero-order valence-corrected chi connectivity index (χ0v) is 16.2. The first-order chi connectivity index (χ1) is 14.0. The highest BCUT2D eigenvalue weighted by atomic mass is 16.5. The van der Waals surface area contributed by atoms with Crippen LogP contribution in [0.25, 0.3) is 0 Å². The third-order valence-electron chi connectivity index (χ3n) is 5.12. The SMILES string of the molecule is Cc1cccc(Oc2cccc(C3CC(=O)N(c4cccc(C(N)=O)c4)C3)c2)c1. The van der Waals surface area contributed by atoms with Gasteiger partial charge in [-0.3, -0.25) is 9.59 Å². The second-order valence-electron chi connectivity index (χ2n) is 7.31. The van der Waals surface area contributed by atoms with Gasteiger partial charge in [-0.25, -0.2) is 0 Å². The van der Waals surface area contributed by atoms with Crippen molar-refractivity contribution < 1.29 is 14.3 Å². The highest BCUT2D eigenvalue weighted by molar-refractivity contribution is 5.99. The molecule has 0 spiro atoms. The van der Waals surface area contributed by atoms with Gasteiger partial charge in [0, 0.05) is 30.1 Å². The highest BCUT2D eigenvalue weighted by Crippen LogP contribution is 2.34. The lowest BCUT2D eigenvalue weighted by Gasteiger charge is -2.18. The summed E-state index contributed by atoms with van der Waals surface area (Å²) in [7, 11) is 0. The van der Waals surface area contributed by atoms with E-state index in [0.717, 1.165) is 22.6 Å². The molecule has 3 aromatic carbocycles. The number of nitrogens with two attached hydrogens (primary N) is 1. The molecule has 5 nitrogen and oxygen atoms in total. The van der Waals surface area contributed by atoms with E-state index in [1.165, 1.54) is 0 Å². The molecule has 1 aliphatic rings. The molecule has 2 amide bonds. The summed E-state index contributed by atoms with van der Waals surface area (Å²) in [6, 6.07) is 22.6. The lowest BCUT2D eigenvalue weighted by molar-refractivity contribution is -0.117. The summed E-state index contributed by atoms with van der Waals surface area (Å²) < 4.78 is 5.99. The van der Waals surface area contributed by atoms with Crippen LogP contribution in [0.4, 0.5) is 5.69 Å². The van der Waals surface area contributed by atoms with Crippen LogP contribution in [0.3, 0.4) is 0 Å². The number of hydrogen-bond donors (Lipinski definition) is 1. The number of aryl methyl sites for hydroxylation is 1. The predicted octanol–water partition coefficient (Wildman–Crippen LogP) is 4.41. The molecule has 0 aliphatic carbocycles. The summed E-state index contributed by atoms with van der Waals surface area (Å²) in [6.45, 7) is 2.57. The fourth-order valence-electron chi connectivity index (χ4n) is 3.65. The summed E-state index contributed by atoms with van der Waals surface area (Å²) in [5.74, 6) is 1.11. The van der Waals surface area contributed by atoms with Gasteiger partial charge in [0.25, 0.3) is 0 Å². The van der Waals surface area contributed by atoms with Crippen LogP contribution in [0.15, 0.2) is 72.8 Å². The highest BCUT2D eigenvalue weighted by Gasteiger charge is 2.32. The number of rotatable bonds is 5. The Balaban J connectivity index is 1.53. The number of carbonyl (C=O) groups is 2. The van der Waals surface area contributed by atoms with Gasteiger partial charge in [0.1, 0.15) is 11.5 Å². The van der Waals surface area contributed by atoms with Crippen molar-refractivity contribution in [2.75, 3.05) is 11.4 Å². The molecule has 0 radical (unpaired) electrons. The Bertz CT molecular complexity index is 1080. The molecular formula is C24H22N2O3. The summed E-state index contributed by atoms with van der Waals surface area (Å²) in [6.07, 6.45) is 0.411. The Morgan fingerprint density at radius 1 is 1.00 bits per heavy atom. The minimum Gasteiger partial charge on any atom is -0.457 e. The zero-order chi connectivity index (χ0) is 20.4. The second-order valence-corrected chi connectivity index (χ2v) is 7.31. The molecule has 146 valence electrons. The fraction of sp³-hybridized carbons (Fsp3) is 0.167. The van der Waals surface area contributed by atoms with Crippen molar-refractivity contribution in [1.29, 1.82) is 0 Å². The number of carbonyl (C=O) groups excluding carboxylic acids is 2. The molecule has 1 unspecified atom stereocenters. The van der Waals surface area contributed by atoms with E-state index in [9.17, 15) is 9.59 Å². The van der Waals surface area contributed by atoms with Gasteiger partial charge in [-0.15, -0.1) is 0 Å². The predicted molar refractivity (Wildman–Crippen MR) is 112 cm³/mol. The molecule has 1 fully saturated rings. The normalized spacial score (nSPS) is 16.1. The van der Waals surface area contributed by atoms with Gasteiger partial charge < -0.3 is 15.4 Å². The Hall–Kier alpha value is -3.60. The molecule has 1 heterocycles. The topological polar surface area (TPSA) is 72.6 Å². The van der Waals surface area contributed by atoms with Crippen molar-refractivity contribution in [2.24, 2.45) is 5.73 Å². The first-order valence-corrected chi connectivity index (χ1v) is 9.54. The summed E-state index contributed by atoms with van der Waals surface area (Å²) in [4.78, 5) is 25.8. The van der Waals surface area contributed by atoms with Crippen LogP contribution in [0.1, 0.15) is 33.8 Å². The average Bonchev–Trinajstić information content (AvgIpc) is 3.10. The maximum absolute atomic E-state index is 12.6. The third kappa shape index (κ3) is 4.14. The van der Waals surface area contributed by atoms with Gasteiger partial charge in [0.15, 0.2) is 0 Å². The van der Waals surface area contributed by atoms with Crippen LogP contribution in [0.5, 0.6) is 11.5 Å². The molecule has 29 heavy (non-hydrogen) atoms. The fourth-order valence-corrected chi connectivity index (χ4v) is 3.65. The first-order valence-electron chi connectivity index (χ1n) is 9.54. The van der Waals surface area contributed by atoms with Crippen molar-refractivity contribution in [1.82, 2.24) is 0 Å². The smallest absolute Gasteiger partial charge is 0.248 e. The molecule has 1 saturated heterocycles. The number of benzene rings is 3. The molecule has 1 aliphatic heterocycles. The van der Waals surface area contributed by atoms with E-state index >= 15 is 0 Å². The largest absolute Gasteiger partial charge is 0.457 e. The molecule has 2 N–H and O–H groups in total. The molecule has 5 heteroatoms. The van der Waals surface area contributed by atoms with Gasteiger partial charge in [-0.05, 0) is 60.5 Å². The molecule has 4 rings (SSSR count). The van der Waals surface area contributed by atoms with Gasteiger partial charge in [0.05, 0.1) is 0 Å². The van der Waals surface area contributed by atoms with Crippen LogP contribution in [-0.2, 0) is 4.79 Å². The molecule has 0 aromatic heterocycles. The minimum absolute atomic E-state index is 0.0293. The number of ether oxygens (including phenoxy) is 1. The van der Waals surface area contributed by atoms with Crippen molar-refractivity contribution in [3.8, 4) is 11.5 Å². The van der Waals surface area contributed by atoms with Gasteiger partial charge in [-0.1, -0.05) is 30.3 Å². The van der Waals surface area contributed by atoms with Gasteiger partial charge in [-0.2, -0.15) is 0 Å². The number of amides is 2. The molecule has 1 atom stereocenters. The lowest BCUT2D eigenvalue weighted by Crippen LogP contribution is -2.24. The monoisotopic (exact) mass is 386 g/mol. The average molecular weight is 386 g/mol. The van der Waals surface area contributed by atoms with Crippen molar-refractivity contribution >= 4 is 17.5 Å². The Morgan fingerprint density at radius 3 is 2.48 bits per heavy atom. The van der Waals surface area contributed by atoms with Crippen LogP contribution in [-0.4, -0.2) is 18.4 Å². The van der Waals surface area contributed by atoms with Crippen LogP contribution >= 0.6 is 0 Å². The first kappa shape index (κ1) is 18.7. The Morgan fingerprint density at radius 2 is 1.72 bits per heavy atom. The maximum Gasteiger partial charge on any atom is 0.248 e. The quantitative estimate of drug-likeness (QED) is 0.706. The molecule has 0 saturated carbocycles. The van der Waals surface area contributed by atoms with Crippen molar-refractivity contribution in [3.63, 3.8) is 0 Å². The summed E-state index contributed by atoms with van der Waals surface area (Å²) in [5.41, 5.74) is 8.64. The molecule has 0 bridgehead atoms. The lowest BCUT2D eigenvalue weighted by atomic mass is 9.98. The van der Waals surface area contributed by atoms with E-state index in [-0.39, 0.29) is 11.8 Å². The Kier molecular flexibility index (Phi) is 5.04. The van der Waals surface area contributed by atoms with Crippen LogP contribution in [0.2, 0.25) is 0 Å². The summed E-state index contributed by atoms with van der Waals surface area (Å²) >= 11 is 0. The van der Waals surface area contributed by atoms with Crippen molar-refractivity contribution in [3.05, 3.63) is 89.5 Å². The van der Waals surface area contributed by atoms with Crippen LogP contribution in [0, 0.1) is 6.92 Å². The number of nitrogens with zero attached hydrogens (tertiary/aromatic N) is 1. The van der Waals surface area contributed by atoms with Gasteiger partial charge >= 0.3 is 0 Å². The van der Waals surface area contributed by atoms with E-state index in [2.05, 4.69) is 0 Å². The summed E-state index contributed by atoms with van der Waals surface area (Å²) in [5, 5.41) is 0. The van der Waals surface area contributed by atoms with E-state index in [1.807, 2.05) is 61.5 Å². The van der Waals surface area contributed by atoms with Crippen molar-refractivity contribution in [2.45, 2.75) is 19.3 Å². The van der Waals surface area contributed by atoms with E-state index < -0.39 is 5.91 Å². The second kappa shape index (κ2) is 7.80. The zero-order valence-electron chi connectivity index (χ0n) is 16.2. The molecular weight excluding hydrogens is 364 g/mol. The Labute approximate surface area is 169 Å². The minimum atomic E-state index is -0.504. The van der Waals surface area contributed by atoms with E-state index in [0.29, 0.717) is 24.2 Å². The standard InChI is InChI=1S/C24H22N2O3/c1-16-5-2-9-21(11-16)29-22-10-4-6-17(13-22)19-14-23(27)26(15-19)20-8-3-7-18(12-20)24(25)28/h2-13,19H,14-15H2,1H3,(H2,25,28). The van der Waals surface area contributed by atoms with E-state index in [1.54, 1.807) is 23.1 Å². The number of primary amides is 1. The van der Waals surface area contributed by atoms with Crippen LogP contribution < -0.4 is 15.4 Å².